The van der Waals surface area contributed by atoms with Crippen LogP contribution < -0.4 is 0 Å². The zero-order valence-corrected chi connectivity index (χ0v) is 7.60. The third kappa shape index (κ3) is 0.802. The van der Waals surface area contributed by atoms with Crippen molar-refractivity contribution in [1.29, 1.82) is 0 Å². The molecule has 3 rings (SSSR count). The normalized spacial score (nSPS) is 33.8. The lowest BCUT2D eigenvalue weighted by Crippen LogP contribution is -2.13. The summed E-state index contributed by atoms with van der Waals surface area (Å²) in [6.45, 7) is 0. The molecule has 1 aromatic carbocycles. The molecular weight excluding hydrogens is 160 g/mol. The van der Waals surface area contributed by atoms with Gasteiger partial charge in [0.1, 0.15) is 0 Å². The summed E-state index contributed by atoms with van der Waals surface area (Å²) in [7, 11) is 1.81. The number of fused-ring (bicyclic) bond motifs is 5. The molecule has 0 fully saturated rings. The number of methoxy groups -OCH3 is 1. The van der Waals surface area contributed by atoms with E-state index in [0.717, 1.165) is 0 Å². The standard InChI is InChI=1S/C12H12O/c1-13-12-10-6-7-11(12)9-5-3-2-4-8(9)10/h2-7,10-12H,1H3/t10-,11+,12?. The van der Waals surface area contributed by atoms with Crippen LogP contribution in [0, 0.1) is 0 Å². The Morgan fingerprint density at radius 2 is 1.54 bits per heavy atom. The van der Waals surface area contributed by atoms with Crippen molar-refractivity contribution in [2.24, 2.45) is 0 Å². The summed E-state index contributed by atoms with van der Waals surface area (Å²) in [6.07, 6.45) is 4.92. The first-order valence-electron chi connectivity index (χ1n) is 4.72. The Balaban J connectivity index is 2.15. The maximum atomic E-state index is 5.52. The van der Waals surface area contributed by atoms with Crippen LogP contribution in [0.3, 0.4) is 0 Å². The molecule has 0 aromatic heterocycles. The SMILES string of the molecule is COC1[C@@H]2C=C[C@H]1c1ccccc12. The van der Waals surface area contributed by atoms with Crippen molar-refractivity contribution >= 4 is 0 Å². The Morgan fingerprint density at radius 3 is 2.00 bits per heavy atom. The van der Waals surface area contributed by atoms with Crippen molar-refractivity contribution in [3.05, 3.63) is 47.5 Å². The number of ether oxygens (including phenoxy) is 1. The van der Waals surface area contributed by atoms with Gasteiger partial charge < -0.3 is 4.74 Å². The predicted octanol–water partition coefficient (Wildman–Crippen LogP) is 2.45. The highest BCUT2D eigenvalue weighted by molar-refractivity contribution is 5.50. The van der Waals surface area contributed by atoms with Crippen LogP contribution in [-0.2, 0) is 4.74 Å². The summed E-state index contributed by atoms with van der Waals surface area (Å²) >= 11 is 0. The van der Waals surface area contributed by atoms with Crippen molar-refractivity contribution in [3.8, 4) is 0 Å². The summed E-state index contributed by atoms with van der Waals surface area (Å²) in [5.74, 6) is 1.01. The van der Waals surface area contributed by atoms with Crippen LogP contribution in [0.4, 0.5) is 0 Å². The van der Waals surface area contributed by atoms with Gasteiger partial charge in [-0.3, -0.25) is 0 Å². The van der Waals surface area contributed by atoms with E-state index in [-0.39, 0.29) is 0 Å². The molecule has 0 amide bonds. The molecule has 1 unspecified atom stereocenters. The minimum absolute atomic E-state index is 0.359. The van der Waals surface area contributed by atoms with Crippen LogP contribution in [0.15, 0.2) is 36.4 Å². The first kappa shape index (κ1) is 7.34. The molecule has 0 N–H and O–H groups in total. The molecule has 0 radical (unpaired) electrons. The lowest BCUT2D eigenvalue weighted by Gasteiger charge is -2.13. The van der Waals surface area contributed by atoms with Crippen LogP contribution in [0.2, 0.25) is 0 Å². The molecule has 66 valence electrons. The molecule has 2 bridgehead atoms. The van der Waals surface area contributed by atoms with E-state index in [1.54, 1.807) is 0 Å². The summed E-state index contributed by atoms with van der Waals surface area (Å²) in [4.78, 5) is 0. The van der Waals surface area contributed by atoms with E-state index < -0.39 is 0 Å². The maximum absolute atomic E-state index is 5.52. The van der Waals surface area contributed by atoms with Gasteiger partial charge in [-0.2, -0.15) is 0 Å². The van der Waals surface area contributed by atoms with Gasteiger partial charge in [-0.05, 0) is 11.1 Å². The topological polar surface area (TPSA) is 9.23 Å². The average Bonchev–Trinajstić information content (AvgIpc) is 2.73. The highest BCUT2D eigenvalue weighted by Crippen LogP contribution is 2.49. The van der Waals surface area contributed by atoms with Gasteiger partial charge in [0.25, 0.3) is 0 Å². The number of rotatable bonds is 1. The molecule has 1 nitrogen and oxygen atoms in total. The van der Waals surface area contributed by atoms with Crippen LogP contribution in [0.25, 0.3) is 0 Å². The van der Waals surface area contributed by atoms with E-state index in [1.165, 1.54) is 11.1 Å². The fourth-order valence-electron chi connectivity index (χ4n) is 2.65. The second-order valence-corrected chi connectivity index (χ2v) is 3.77. The highest BCUT2D eigenvalue weighted by atomic mass is 16.5. The number of hydrogen-bond acceptors (Lipinski definition) is 1. The van der Waals surface area contributed by atoms with Crippen molar-refractivity contribution < 1.29 is 4.74 Å². The average molecular weight is 172 g/mol. The lowest BCUT2D eigenvalue weighted by molar-refractivity contribution is 0.0967. The second kappa shape index (κ2) is 2.46. The zero-order valence-electron chi connectivity index (χ0n) is 7.60. The second-order valence-electron chi connectivity index (χ2n) is 3.77. The molecular formula is C12H12O. The summed E-state index contributed by atoms with van der Waals surface area (Å²) in [5.41, 5.74) is 2.92. The van der Waals surface area contributed by atoms with Crippen LogP contribution >= 0.6 is 0 Å². The first-order valence-corrected chi connectivity index (χ1v) is 4.72. The Kier molecular flexibility index (Phi) is 1.39. The van der Waals surface area contributed by atoms with Crippen LogP contribution in [0.5, 0.6) is 0 Å². The summed E-state index contributed by atoms with van der Waals surface area (Å²) in [6, 6.07) is 8.66. The molecule has 1 aromatic rings. The summed E-state index contributed by atoms with van der Waals surface area (Å²) in [5, 5.41) is 0. The highest BCUT2D eigenvalue weighted by Gasteiger charge is 2.41. The van der Waals surface area contributed by atoms with E-state index in [1.807, 2.05) is 7.11 Å². The fraction of sp³-hybridized carbons (Fsp3) is 0.333. The fourth-order valence-corrected chi connectivity index (χ4v) is 2.65. The van der Waals surface area contributed by atoms with Gasteiger partial charge in [-0.1, -0.05) is 36.4 Å². The van der Waals surface area contributed by atoms with E-state index in [9.17, 15) is 0 Å². The monoisotopic (exact) mass is 172 g/mol. The molecule has 2 aliphatic carbocycles. The molecule has 2 aliphatic rings. The quantitative estimate of drug-likeness (QED) is 0.591. The molecule has 0 spiro atoms. The van der Waals surface area contributed by atoms with Gasteiger partial charge in [0.15, 0.2) is 0 Å². The van der Waals surface area contributed by atoms with Gasteiger partial charge in [0.2, 0.25) is 0 Å². The van der Waals surface area contributed by atoms with Gasteiger partial charge in [-0.25, -0.2) is 0 Å². The molecule has 1 heteroatoms. The third-order valence-electron chi connectivity index (χ3n) is 3.22. The van der Waals surface area contributed by atoms with Gasteiger partial charge in [0, 0.05) is 18.9 Å². The Morgan fingerprint density at radius 1 is 1.00 bits per heavy atom. The predicted molar refractivity (Wildman–Crippen MR) is 51.9 cm³/mol. The Labute approximate surface area is 78.0 Å². The number of benzene rings is 1. The maximum Gasteiger partial charge on any atom is 0.0777 e. The Hall–Kier alpha value is -1.08. The van der Waals surface area contributed by atoms with Crippen molar-refractivity contribution in [3.63, 3.8) is 0 Å². The zero-order chi connectivity index (χ0) is 8.84. The molecule has 0 aliphatic heterocycles. The van der Waals surface area contributed by atoms with Crippen molar-refractivity contribution in [2.75, 3.05) is 7.11 Å². The smallest absolute Gasteiger partial charge is 0.0777 e. The van der Waals surface area contributed by atoms with E-state index in [2.05, 4.69) is 36.4 Å². The van der Waals surface area contributed by atoms with Crippen molar-refractivity contribution in [2.45, 2.75) is 17.9 Å². The van der Waals surface area contributed by atoms with Crippen LogP contribution in [-0.4, -0.2) is 13.2 Å². The molecule has 0 heterocycles. The van der Waals surface area contributed by atoms with E-state index in [4.69, 9.17) is 4.74 Å². The molecule has 3 atom stereocenters. The number of hydrogen-bond donors (Lipinski definition) is 0. The van der Waals surface area contributed by atoms with Crippen molar-refractivity contribution in [1.82, 2.24) is 0 Å². The molecule has 13 heavy (non-hydrogen) atoms. The van der Waals surface area contributed by atoms with E-state index >= 15 is 0 Å². The van der Waals surface area contributed by atoms with Gasteiger partial charge >= 0.3 is 0 Å². The first-order chi connectivity index (χ1) is 6.42. The van der Waals surface area contributed by atoms with Gasteiger partial charge in [-0.15, -0.1) is 0 Å². The van der Waals surface area contributed by atoms with Gasteiger partial charge in [0.05, 0.1) is 6.10 Å². The molecule has 0 saturated heterocycles. The largest absolute Gasteiger partial charge is 0.380 e. The van der Waals surface area contributed by atoms with Crippen LogP contribution in [0.1, 0.15) is 23.0 Å². The Bertz CT molecular complexity index is 334. The molecule has 0 saturated carbocycles. The third-order valence-corrected chi connectivity index (χ3v) is 3.22. The minimum Gasteiger partial charge on any atom is -0.380 e. The summed E-state index contributed by atoms with van der Waals surface area (Å²) < 4.78 is 5.52. The van der Waals surface area contributed by atoms with E-state index in [0.29, 0.717) is 17.9 Å². The minimum atomic E-state index is 0.359. The lowest BCUT2D eigenvalue weighted by atomic mass is 9.97.